The monoisotopic (exact) mass is 420 g/mol. The van der Waals surface area contributed by atoms with Crippen LogP contribution in [0.5, 0.6) is 5.75 Å². The zero-order valence-electron chi connectivity index (χ0n) is 19.0. The van der Waals surface area contributed by atoms with Gasteiger partial charge in [-0.15, -0.1) is 0 Å². The van der Waals surface area contributed by atoms with E-state index in [0.717, 1.165) is 38.0 Å². The van der Waals surface area contributed by atoms with Crippen LogP contribution in [-0.2, 0) is 35.8 Å². The number of nitrogens with zero attached hydrogens (tertiary/aromatic N) is 2. The van der Waals surface area contributed by atoms with Crippen LogP contribution in [0.4, 0.5) is 0 Å². The highest BCUT2D eigenvalue weighted by Gasteiger charge is 2.30. The van der Waals surface area contributed by atoms with E-state index < -0.39 is 0 Å². The lowest BCUT2D eigenvalue weighted by Crippen LogP contribution is -2.39. The van der Waals surface area contributed by atoms with E-state index in [1.165, 1.54) is 40.3 Å². The van der Waals surface area contributed by atoms with Crippen molar-refractivity contribution >= 4 is 16.9 Å². The molecule has 1 aliphatic rings. The number of methoxy groups -OCH3 is 2. The lowest BCUT2D eigenvalue weighted by atomic mass is 9.87. The maximum Gasteiger partial charge on any atom is 0.319 e. The Morgan fingerprint density at radius 3 is 2.71 bits per heavy atom. The molecule has 1 aromatic heterocycles. The van der Waals surface area contributed by atoms with Crippen molar-refractivity contribution in [3.05, 3.63) is 64.8 Å². The van der Waals surface area contributed by atoms with E-state index in [1.807, 2.05) is 0 Å². The second-order valence-electron chi connectivity index (χ2n) is 8.35. The highest BCUT2D eigenvalue weighted by Crippen LogP contribution is 2.37. The van der Waals surface area contributed by atoms with Crippen molar-refractivity contribution in [1.29, 1.82) is 0 Å². The summed E-state index contributed by atoms with van der Waals surface area (Å²) in [6.45, 7) is 3.32. The smallest absolute Gasteiger partial charge is 0.319 e. The molecule has 2 aromatic carbocycles. The quantitative estimate of drug-likeness (QED) is 0.530. The maximum atomic E-state index is 12.1. The summed E-state index contributed by atoms with van der Waals surface area (Å²) in [5, 5.41) is 1.31. The molecule has 31 heavy (non-hydrogen) atoms. The maximum absolute atomic E-state index is 12.1. The average Bonchev–Trinajstić information content (AvgIpc) is 3.12. The Morgan fingerprint density at radius 1 is 1.16 bits per heavy atom. The molecule has 5 nitrogen and oxygen atoms in total. The first-order valence-corrected chi connectivity index (χ1v) is 11.1. The zero-order valence-corrected chi connectivity index (χ0v) is 19.0. The van der Waals surface area contributed by atoms with Crippen molar-refractivity contribution in [3.63, 3.8) is 0 Å². The summed E-state index contributed by atoms with van der Waals surface area (Å²) in [6, 6.07) is 13.2. The molecular formula is C26H32N2O3. The van der Waals surface area contributed by atoms with Gasteiger partial charge >= 0.3 is 5.97 Å². The van der Waals surface area contributed by atoms with Gasteiger partial charge < -0.3 is 14.0 Å². The molecule has 0 bridgehead atoms. The number of rotatable bonds is 7. The third kappa shape index (κ3) is 4.19. The van der Waals surface area contributed by atoms with Crippen LogP contribution < -0.4 is 4.74 Å². The first kappa shape index (κ1) is 21.4. The third-order valence-corrected chi connectivity index (χ3v) is 6.62. The van der Waals surface area contributed by atoms with Gasteiger partial charge in [-0.1, -0.05) is 31.2 Å². The normalized spacial score (nSPS) is 16.3. The number of hydrogen-bond donors (Lipinski definition) is 0. The van der Waals surface area contributed by atoms with E-state index in [4.69, 9.17) is 9.47 Å². The first-order valence-electron chi connectivity index (χ1n) is 11.1. The highest BCUT2D eigenvalue weighted by molar-refractivity contribution is 5.83. The molecule has 4 rings (SSSR count). The van der Waals surface area contributed by atoms with Gasteiger partial charge in [0.1, 0.15) is 5.75 Å². The van der Waals surface area contributed by atoms with Crippen molar-refractivity contribution in [3.8, 4) is 5.75 Å². The Kier molecular flexibility index (Phi) is 6.33. The van der Waals surface area contributed by atoms with Crippen LogP contribution in [0, 0.1) is 0 Å². The number of benzene rings is 2. The van der Waals surface area contributed by atoms with Gasteiger partial charge in [-0.25, -0.2) is 0 Å². The lowest BCUT2D eigenvalue weighted by molar-refractivity contribution is -0.142. The number of carbonyl (C=O) groups is 1. The summed E-state index contributed by atoms with van der Waals surface area (Å²) >= 11 is 0. The average molecular weight is 421 g/mol. The van der Waals surface area contributed by atoms with Crippen molar-refractivity contribution in [2.24, 2.45) is 7.05 Å². The van der Waals surface area contributed by atoms with E-state index >= 15 is 0 Å². The minimum Gasteiger partial charge on any atom is -0.496 e. The molecule has 0 saturated carbocycles. The SMILES string of the molecule is CCc1cc2c(cc1OC)CCN(CC(=O)OC)C2CCc1cn(C)c2ccccc12. The molecule has 0 radical (unpaired) electrons. The third-order valence-electron chi connectivity index (χ3n) is 6.62. The molecule has 5 heteroatoms. The minimum atomic E-state index is -0.178. The molecule has 0 N–H and O–H groups in total. The number of hydrogen-bond acceptors (Lipinski definition) is 4. The van der Waals surface area contributed by atoms with Gasteiger partial charge in [0.15, 0.2) is 0 Å². The van der Waals surface area contributed by atoms with Crippen molar-refractivity contribution in [1.82, 2.24) is 9.47 Å². The standard InChI is InChI=1S/C26H32N2O3/c1-5-18-14-22-19(15-25(18)30-3)12-13-28(17-26(29)31-4)24(22)11-10-20-16-27(2)23-9-7-6-8-21(20)23/h6-9,14-16,24H,5,10-13,17H2,1-4H3. The van der Waals surface area contributed by atoms with Gasteiger partial charge in [0, 0.05) is 36.7 Å². The Labute approximate surface area is 184 Å². The molecule has 0 spiro atoms. The number of carbonyl (C=O) groups excluding carboxylic acids is 1. The molecule has 0 amide bonds. The summed E-state index contributed by atoms with van der Waals surface area (Å²) in [5.41, 5.74) is 6.49. The van der Waals surface area contributed by atoms with Gasteiger partial charge in [-0.05, 0) is 60.1 Å². The number of aromatic nitrogens is 1. The number of fused-ring (bicyclic) bond motifs is 2. The summed E-state index contributed by atoms with van der Waals surface area (Å²) in [6.07, 6.45) is 5.98. The molecule has 0 saturated heterocycles. The van der Waals surface area contributed by atoms with Crippen molar-refractivity contribution in [2.75, 3.05) is 27.3 Å². The fourth-order valence-corrected chi connectivity index (χ4v) is 4.97. The minimum absolute atomic E-state index is 0.178. The molecular weight excluding hydrogens is 388 g/mol. The number of para-hydroxylation sites is 1. The van der Waals surface area contributed by atoms with Crippen LogP contribution in [0.25, 0.3) is 10.9 Å². The molecule has 1 aliphatic heterocycles. The molecule has 0 aliphatic carbocycles. The van der Waals surface area contributed by atoms with Crippen molar-refractivity contribution < 1.29 is 14.3 Å². The second-order valence-corrected chi connectivity index (χ2v) is 8.35. The van der Waals surface area contributed by atoms with Gasteiger partial charge in [0.25, 0.3) is 0 Å². The van der Waals surface area contributed by atoms with Crippen LogP contribution in [0.2, 0.25) is 0 Å². The Hall–Kier alpha value is -2.79. The fourth-order valence-electron chi connectivity index (χ4n) is 4.97. The predicted molar refractivity (Wildman–Crippen MR) is 124 cm³/mol. The van der Waals surface area contributed by atoms with Gasteiger partial charge in [0.05, 0.1) is 20.8 Å². The van der Waals surface area contributed by atoms with Gasteiger partial charge in [0.2, 0.25) is 0 Å². The van der Waals surface area contributed by atoms with E-state index in [1.54, 1.807) is 7.11 Å². The van der Waals surface area contributed by atoms with Gasteiger partial charge in [-0.2, -0.15) is 0 Å². The molecule has 2 heterocycles. The van der Waals surface area contributed by atoms with Gasteiger partial charge in [-0.3, -0.25) is 9.69 Å². The molecule has 3 aromatic rings. The number of ether oxygens (including phenoxy) is 2. The van der Waals surface area contributed by atoms with E-state index in [9.17, 15) is 4.79 Å². The summed E-state index contributed by atoms with van der Waals surface area (Å²) in [5.74, 6) is 0.790. The van der Waals surface area contributed by atoms with Crippen LogP contribution >= 0.6 is 0 Å². The van der Waals surface area contributed by atoms with Crippen molar-refractivity contribution in [2.45, 2.75) is 38.6 Å². The summed E-state index contributed by atoms with van der Waals surface area (Å²) in [4.78, 5) is 14.4. The molecule has 1 atom stereocenters. The van der Waals surface area contributed by atoms with E-state index in [-0.39, 0.29) is 12.0 Å². The lowest BCUT2D eigenvalue weighted by Gasteiger charge is -2.37. The first-order chi connectivity index (χ1) is 15.0. The summed E-state index contributed by atoms with van der Waals surface area (Å²) < 4.78 is 12.8. The zero-order chi connectivity index (χ0) is 22.0. The van der Waals surface area contributed by atoms with E-state index in [0.29, 0.717) is 6.54 Å². The van der Waals surface area contributed by atoms with E-state index in [2.05, 4.69) is 66.0 Å². The predicted octanol–water partition coefficient (Wildman–Crippen LogP) is 4.45. The molecule has 164 valence electrons. The van der Waals surface area contributed by atoms with Crippen LogP contribution in [0.15, 0.2) is 42.6 Å². The Morgan fingerprint density at radius 2 is 1.97 bits per heavy atom. The largest absolute Gasteiger partial charge is 0.496 e. The molecule has 1 unspecified atom stereocenters. The number of aryl methyl sites for hydroxylation is 3. The fraction of sp³-hybridized carbons (Fsp3) is 0.423. The van der Waals surface area contributed by atoms with Crippen LogP contribution in [-0.4, -0.2) is 42.7 Å². The van der Waals surface area contributed by atoms with Crippen LogP contribution in [0.1, 0.15) is 41.6 Å². The molecule has 0 fully saturated rings. The Bertz CT molecular complexity index is 1090. The number of esters is 1. The highest BCUT2D eigenvalue weighted by atomic mass is 16.5. The summed E-state index contributed by atoms with van der Waals surface area (Å²) in [7, 11) is 5.31. The topological polar surface area (TPSA) is 43.7 Å². The Balaban J connectivity index is 1.68. The second kappa shape index (κ2) is 9.15. The van der Waals surface area contributed by atoms with Crippen LogP contribution in [0.3, 0.4) is 0 Å².